The molecule has 1 aromatic carbocycles. The number of aliphatic carboxylic acids is 1. The Kier molecular flexibility index (Phi) is 6.03. The molecule has 116 valence electrons. The maximum Gasteiger partial charge on any atom is 0.317 e. The number of carboxylic acid groups (broad SMARTS) is 1. The Bertz CT molecular complexity index is 481. The summed E-state index contributed by atoms with van der Waals surface area (Å²) < 4.78 is 0. The highest BCUT2D eigenvalue weighted by Gasteiger charge is 2.23. The van der Waals surface area contributed by atoms with E-state index >= 15 is 0 Å². The number of carbonyl (C=O) groups is 1. The number of carboxylic acids is 1. The Morgan fingerprint density at radius 1 is 1.33 bits per heavy atom. The van der Waals surface area contributed by atoms with Crippen LogP contribution in [0.25, 0.3) is 0 Å². The smallest absolute Gasteiger partial charge is 0.317 e. The molecule has 4 nitrogen and oxygen atoms in total. The van der Waals surface area contributed by atoms with Crippen molar-refractivity contribution in [3.8, 4) is 0 Å². The second kappa shape index (κ2) is 7.78. The molecule has 0 spiro atoms. The van der Waals surface area contributed by atoms with Gasteiger partial charge in [0.25, 0.3) is 0 Å². The summed E-state index contributed by atoms with van der Waals surface area (Å²) in [4.78, 5) is 15.3. The van der Waals surface area contributed by atoms with E-state index in [-0.39, 0.29) is 6.54 Å². The largest absolute Gasteiger partial charge is 0.480 e. The Labute approximate surface area is 131 Å². The molecular weight excluding hydrogens is 288 g/mol. The lowest BCUT2D eigenvalue weighted by molar-refractivity contribution is -0.138. The molecule has 2 rings (SSSR count). The summed E-state index contributed by atoms with van der Waals surface area (Å²) in [6.45, 7) is 5.89. The van der Waals surface area contributed by atoms with Crippen LogP contribution in [0.2, 0.25) is 5.02 Å². The third kappa shape index (κ3) is 4.70. The van der Waals surface area contributed by atoms with Crippen molar-refractivity contribution in [2.75, 3.05) is 32.7 Å². The van der Waals surface area contributed by atoms with Gasteiger partial charge in [0.2, 0.25) is 0 Å². The zero-order valence-corrected chi connectivity index (χ0v) is 13.2. The molecule has 0 aliphatic carbocycles. The van der Waals surface area contributed by atoms with Gasteiger partial charge in [-0.05, 0) is 30.5 Å². The van der Waals surface area contributed by atoms with E-state index in [0.717, 1.165) is 44.0 Å². The molecule has 0 saturated carbocycles. The number of halogens is 1. The van der Waals surface area contributed by atoms with E-state index in [4.69, 9.17) is 16.7 Å². The van der Waals surface area contributed by atoms with Gasteiger partial charge in [-0.15, -0.1) is 0 Å². The topological polar surface area (TPSA) is 43.8 Å². The van der Waals surface area contributed by atoms with Crippen LogP contribution in [0.15, 0.2) is 24.3 Å². The highest BCUT2D eigenvalue weighted by molar-refractivity contribution is 6.30. The Hall–Kier alpha value is -1.10. The van der Waals surface area contributed by atoms with Gasteiger partial charge in [-0.3, -0.25) is 14.6 Å². The van der Waals surface area contributed by atoms with Crippen molar-refractivity contribution in [1.29, 1.82) is 0 Å². The molecule has 0 radical (unpaired) electrons. The van der Waals surface area contributed by atoms with Crippen molar-refractivity contribution in [1.82, 2.24) is 9.80 Å². The van der Waals surface area contributed by atoms with Crippen molar-refractivity contribution in [3.05, 3.63) is 34.9 Å². The Balaban J connectivity index is 2.04. The molecule has 1 heterocycles. The molecule has 1 N–H and O–H groups in total. The van der Waals surface area contributed by atoms with Gasteiger partial charge in [0.1, 0.15) is 0 Å². The second-order valence-corrected chi connectivity index (χ2v) is 5.97. The van der Waals surface area contributed by atoms with Gasteiger partial charge in [0, 0.05) is 37.2 Å². The summed E-state index contributed by atoms with van der Waals surface area (Å²) >= 11 is 6.11. The van der Waals surface area contributed by atoms with Gasteiger partial charge in [-0.25, -0.2) is 0 Å². The minimum Gasteiger partial charge on any atom is -0.480 e. The van der Waals surface area contributed by atoms with Crippen molar-refractivity contribution >= 4 is 17.6 Å². The van der Waals surface area contributed by atoms with E-state index in [1.54, 1.807) is 0 Å². The predicted molar refractivity (Wildman–Crippen MR) is 84.7 cm³/mol. The number of nitrogens with zero attached hydrogens (tertiary/aromatic N) is 2. The average molecular weight is 311 g/mol. The molecule has 5 heteroatoms. The van der Waals surface area contributed by atoms with Crippen LogP contribution in [0.4, 0.5) is 0 Å². The van der Waals surface area contributed by atoms with Crippen LogP contribution in [0.5, 0.6) is 0 Å². The van der Waals surface area contributed by atoms with Crippen LogP contribution >= 0.6 is 11.6 Å². The first-order chi connectivity index (χ1) is 10.1. The fraction of sp³-hybridized carbons (Fsp3) is 0.562. The molecular formula is C16H23ClN2O2. The van der Waals surface area contributed by atoms with Crippen molar-refractivity contribution < 1.29 is 9.90 Å². The molecule has 0 aromatic heterocycles. The molecule has 1 aliphatic rings. The molecule has 0 bridgehead atoms. The van der Waals surface area contributed by atoms with Crippen LogP contribution < -0.4 is 0 Å². The second-order valence-electron chi connectivity index (χ2n) is 5.54. The summed E-state index contributed by atoms with van der Waals surface area (Å²) in [5, 5.41) is 9.69. The fourth-order valence-electron chi connectivity index (χ4n) is 3.07. The third-order valence-electron chi connectivity index (χ3n) is 4.04. The van der Waals surface area contributed by atoms with Crippen molar-refractivity contribution in [2.45, 2.75) is 25.8 Å². The summed E-state index contributed by atoms with van der Waals surface area (Å²) in [5.74, 6) is -0.745. The summed E-state index contributed by atoms with van der Waals surface area (Å²) in [7, 11) is 0. The van der Waals surface area contributed by atoms with Gasteiger partial charge in [-0.1, -0.05) is 30.7 Å². The first-order valence-electron chi connectivity index (χ1n) is 7.54. The minimum atomic E-state index is -0.745. The zero-order valence-electron chi connectivity index (χ0n) is 12.5. The lowest BCUT2D eigenvalue weighted by atomic mass is 10.0. The van der Waals surface area contributed by atoms with Gasteiger partial charge in [0.15, 0.2) is 0 Å². The van der Waals surface area contributed by atoms with Gasteiger partial charge in [0.05, 0.1) is 6.54 Å². The zero-order chi connectivity index (χ0) is 15.2. The van der Waals surface area contributed by atoms with Crippen LogP contribution in [0.3, 0.4) is 0 Å². The van der Waals surface area contributed by atoms with Gasteiger partial charge in [-0.2, -0.15) is 0 Å². The first-order valence-corrected chi connectivity index (χ1v) is 7.91. The SMILES string of the molecule is CC[C@H](c1cccc(Cl)c1)N1CCCN(CC(=O)O)CC1. The van der Waals surface area contributed by atoms with Crippen LogP contribution in [0, 0.1) is 0 Å². The monoisotopic (exact) mass is 310 g/mol. The van der Waals surface area contributed by atoms with Crippen LogP contribution in [-0.4, -0.2) is 53.6 Å². The highest BCUT2D eigenvalue weighted by atomic mass is 35.5. The molecule has 1 aliphatic heterocycles. The van der Waals surface area contributed by atoms with E-state index in [9.17, 15) is 4.79 Å². The Morgan fingerprint density at radius 2 is 2.14 bits per heavy atom. The molecule has 1 aromatic rings. The average Bonchev–Trinajstić information content (AvgIpc) is 2.65. The van der Waals surface area contributed by atoms with E-state index in [1.807, 2.05) is 23.1 Å². The van der Waals surface area contributed by atoms with Crippen LogP contribution in [0.1, 0.15) is 31.4 Å². The summed E-state index contributed by atoms with van der Waals surface area (Å²) in [6, 6.07) is 8.41. The maximum absolute atomic E-state index is 10.8. The first kappa shape index (κ1) is 16.3. The quantitative estimate of drug-likeness (QED) is 0.908. The minimum absolute atomic E-state index is 0.141. The maximum atomic E-state index is 10.8. The fourth-order valence-corrected chi connectivity index (χ4v) is 3.27. The molecule has 1 atom stereocenters. The molecule has 1 fully saturated rings. The van der Waals surface area contributed by atoms with Crippen molar-refractivity contribution in [3.63, 3.8) is 0 Å². The molecule has 1 saturated heterocycles. The van der Waals surface area contributed by atoms with E-state index in [2.05, 4.69) is 17.9 Å². The number of benzene rings is 1. The lowest BCUT2D eigenvalue weighted by Crippen LogP contribution is -2.35. The standard InChI is InChI=1S/C16H23ClN2O2/c1-2-15(13-5-3-6-14(17)11-13)19-8-4-7-18(9-10-19)12-16(20)21/h3,5-6,11,15H,2,4,7-10,12H2,1H3,(H,20,21)/t15-/m1/s1. The molecule has 0 amide bonds. The highest BCUT2D eigenvalue weighted by Crippen LogP contribution is 2.27. The van der Waals surface area contributed by atoms with Gasteiger partial charge >= 0.3 is 5.97 Å². The number of hydrogen-bond acceptors (Lipinski definition) is 3. The van der Waals surface area contributed by atoms with Gasteiger partial charge < -0.3 is 5.11 Å². The molecule has 0 unspecified atom stereocenters. The summed E-state index contributed by atoms with van der Waals surface area (Å²) in [6.07, 6.45) is 2.03. The van der Waals surface area contributed by atoms with E-state index in [0.29, 0.717) is 6.04 Å². The lowest BCUT2D eigenvalue weighted by Gasteiger charge is -2.30. The van der Waals surface area contributed by atoms with E-state index in [1.165, 1.54) is 5.56 Å². The number of hydrogen-bond donors (Lipinski definition) is 1. The van der Waals surface area contributed by atoms with Crippen molar-refractivity contribution in [2.24, 2.45) is 0 Å². The normalized spacial score (nSPS) is 19.1. The predicted octanol–water partition coefficient (Wildman–Crippen LogP) is 2.88. The third-order valence-corrected chi connectivity index (χ3v) is 4.28. The van der Waals surface area contributed by atoms with E-state index < -0.39 is 5.97 Å². The Morgan fingerprint density at radius 3 is 2.81 bits per heavy atom. The molecule has 21 heavy (non-hydrogen) atoms. The summed E-state index contributed by atoms with van der Waals surface area (Å²) in [5.41, 5.74) is 1.25. The van der Waals surface area contributed by atoms with Crippen LogP contribution in [-0.2, 0) is 4.79 Å². The number of rotatable bonds is 5.